The Morgan fingerprint density at radius 1 is 1.22 bits per heavy atom. The highest BCUT2D eigenvalue weighted by Crippen LogP contribution is 2.19. The standard InChI is InChI=1S/C25H33FN4O2/c1-4-27-25(29-18(3)20-8-5-17(2)23(26)15-20)28-14-13-19-6-11-22(12-7-19)32-16-24(31)30-21-9-10-21/h5-8,11-12,15,18,21H,4,9-10,13-14,16H2,1-3H3,(H,30,31)(H2,27,28,29). The first-order valence-electron chi connectivity index (χ1n) is 11.3. The zero-order valence-corrected chi connectivity index (χ0v) is 19.1. The van der Waals surface area contributed by atoms with Gasteiger partial charge in [0.2, 0.25) is 0 Å². The van der Waals surface area contributed by atoms with E-state index in [9.17, 15) is 9.18 Å². The van der Waals surface area contributed by atoms with Crippen molar-refractivity contribution >= 4 is 11.9 Å². The van der Waals surface area contributed by atoms with Gasteiger partial charge in [0.05, 0.1) is 6.04 Å². The highest BCUT2D eigenvalue weighted by Gasteiger charge is 2.23. The van der Waals surface area contributed by atoms with Crippen LogP contribution in [0.5, 0.6) is 5.75 Å². The lowest BCUT2D eigenvalue weighted by molar-refractivity contribution is -0.123. The topological polar surface area (TPSA) is 74.8 Å². The fraction of sp³-hybridized carbons (Fsp3) is 0.440. The molecule has 1 atom stereocenters. The predicted molar refractivity (Wildman–Crippen MR) is 125 cm³/mol. The van der Waals surface area contributed by atoms with Crippen LogP contribution in [0.1, 0.15) is 49.4 Å². The van der Waals surface area contributed by atoms with Crippen LogP contribution in [0.15, 0.2) is 47.5 Å². The van der Waals surface area contributed by atoms with Gasteiger partial charge in [-0.2, -0.15) is 0 Å². The minimum Gasteiger partial charge on any atom is -0.484 e. The highest BCUT2D eigenvalue weighted by atomic mass is 19.1. The zero-order chi connectivity index (χ0) is 22.9. The van der Waals surface area contributed by atoms with Crippen molar-refractivity contribution in [3.8, 4) is 5.75 Å². The molecule has 32 heavy (non-hydrogen) atoms. The van der Waals surface area contributed by atoms with E-state index < -0.39 is 0 Å². The molecule has 1 aliphatic carbocycles. The second-order valence-corrected chi connectivity index (χ2v) is 8.16. The lowest BCUT2D eigenvalue weighted by atomic mass is 10.1. The molecule has 0 saturated heterocycles. The summed E-state index contributed by atoms with van der Waals surface area (Å²) in [5.41, 5.74) is 2.65. The van der Waals surface area contributed by atoms with E-state index in [0.29, 0.717) is 29.9 Å². The minimum absolute atomic E-state index is 0.0426. The van der Waals surface area contributed by atoms with Gasteiger partial charge in [0.15, 0.2) is 12.6 Å². The Kier molecular flexibility index (Phi) is 8.48. The molecule has 6 nitrogen and oxygen atoms in total. The van der Waals surface area contributed by atoms with Crippen molar-refractivity contribution in [1.29, 1.82) is 0 Å². The maximum Gasteiger partial charge on any atom is 0.258 e. The van der Waals surface area contributed by atoms with Crippen LogP contribution in [0, 0.1) is 12.7 Å². The Balaban J connectivity index is 1.47. The quantitative estimate of drug-likeness (QED) is 0.389. The van der Waals surface area contributed by atoms with Crippen LogP contribution < -0.4 is 20.7 Å². The summed E-state index contributed by atoms with van der Waals surface area (Å²) in [6.07, 6.45) is 2.90. The van der Waals surface area contributed by atoms with Crippen LogP contribution in [0.25, 0.3) is 0 Å². The third-order valence-corrected chi connectivity index (χ3v) is 5.30. The van der Waals surface area contributed by atoms with Gasteiger partial charge in [-0.15, -0.1) is 0 Å². The molecule has 1 fully saturated rings. The van der Waals surface area contributed by atoms with Gasteiger partial charge in [0, 0.05) is 19.1 Å². The summed E-state index contributed by atoms with van der Waals surface area (Å²) in [6, 6.07) is 13.3. The fourth-order valence-corrected chi connectivity index (χ4v) is 3.18. The van der Waals surface area contributed by atoms with Gasteiger partial charge >= 0.3 is 0 Å². The van der Waals surface area contributed by atoms with E-state index in [2.05, 4.69) is 20.9 Å². The molecule has 1 amide bonds. The average molecular weight is 441 g/mol. The molecule has 0 radical (unpaired) electrons. The molecule has 0 spiro atoms. The summed E-state index contributed by atoms with van der Waals surface area (Å²) >= 11 is 0. The molecule has 0 aromatic heterocycles. The highest BCUT2D eigenvalue weighted by molar-refractivity contribution is 5.80. The van der Waals surface area contributed by atoms with E-state index in [1.807, 2.05) is 44.2 Å². The van der Waals surface area contributed by atoms with Crippen molar-refractivity contribution in [2.75, 3.05) is 19.7 Å². The smallest absolute Gasteiger partial charge is 0.258 e. The Morgan fingerprint density at radius 2 is 1.97 bits per heavy atom. The van der Waals surface area contributed by atoms with Crippen molar-refractivity contribution in [3.05, 3.63) is 65.0 Å². The number of carbonyl (C=O) groups excluding carboxylic acids is 1. The van der Waals surface area contributed by atoms with Crippen LogP contribution in [0.2, 0.25) is 0 Å². The van der Waals surface area contributed by atoms with E-state index >= 15 is 0 Å². The van der Waals surface area contributed by atoms with E-state index in [-0.39, 0.29) is 24.4 Å². The summed E-state index contributed by atoms with van der Waals surface area (Å²) in [5, 5.41) is 9.48. The van der Waals surface area contributed by atoms with Gasteiger partial charge in [-0.05, 0) is 74.9 Å². The lowest BCUT2D eigenvalue weighted by Gasteiger charge is -2.18. The van der Waals surface area contributed by atoms with Crippen molar-refractivity contribution < 1.29 is 13.9 Å². The van der Waals surface area contributed by atoms with Gasteiger partial charge < -0.3 is 20.7 Å². The molecule has 1 saturated carbocycles. The number of hydrogen-bond donors (Lipinski definition) is 3. The first kappa shape index (κ1) is 23.6. The Labute approximate surface area is 189 Å². The molecule has 2 aromatic rings. The second kappa shape index (κ2) is 11.5. The molecule has 0 bridgehead atoms. The molecule has 3 rings (SSSR count). The third-order valence-electron chi connectivity index (χ3n) is 5.30. The fourth-order valence-electron chi connectivity index (χ4n) is 3.18. The van der Waals surface area contributed by atoms with Gasteiger partial charge in [-0.25, -0.2) is 4.39 Å². The summed E-state index contributed by atoms with van der Waals surface area (Å²) in [7, 11) is 0. The average Bonchev–Trinajstić information content (AvgIpc) is 3.59. The summed E-state index contributed by atoms with van der Waals surface area (Å²) in [4.78, 5) is 16.4. The molecule has 3 N–H and O–H groups in total. The number of carbonyl (C=O) groups is 1. The van der Waals surface area contributed by atoms with Crippen molar-refractivity contribution in [3.63, 3.8) is 0 Å². The molecular formula is C25H33FN4O2. The predicted octanol–water partition coefficient (Wildman–Crippen LogP) is 3.65. The molecule has 1 unspecified atom stereocenters. The normalized spacial score (nSPS) is 14.6. The summed E-state index contributed by atoms with van der Waals surface area (Å²) < 4.78 is 19.4. The summed E-state index contributed by atoms with van der Waals surface area (Å²) in [5.74, 6) is 1.10. The SMILES string of the molecule is CCNC(=NCCc1ccc(OCC(=O)NC2CC2)cc1)NC(C)c1ccc(C)c(F)c1. The van der Waals surface area contributed by atoms with Gasteiger partial charge in [0.1, 0.15) is 11.6 Å². The first-order valence-corrected chi connectivity index (χ1v) is 11.3. The number of nitrogens with zero attached hydrogens (tertiary/aromatic N) is 1. The van der Waals surface area contributed by atoms with Gasteiger partial charge in [0.25, 0.3) is 5.91 Å². The summed E-state index contributed by atoms with van der Waals surface area (Å²) in [6.45, 7) is 7.14. The van der Waals surface area contributed by atoms with Gasteiger partial charge in [-0.1, -0.05) is 24.3 Å². The molecule has 1 aliphatic rings. The van der Waals surface area contributed by atoms with Crippen LogP contribution >= 0.6 is 0 Å². The molecule has 172 valence electrons. The molecule has 0 heterocycles. The molecular weight excluding hydrogens is 407 g/mol. The Bertz CT molecular complexity index is 926. The minimum atomic E-state index is -0.200. The maximum absolute atomic E-state index is 13.9. The Hall–Kier alpha value is -3.09. The lowest BCUT2D eigenvalue weighted by Crippen LogP contribution is -2.38. The molecule has 2 aromatic carbocycles. The number of hydrogen-bond acceptors (Lipinski definition) is 3. The number of guanidine groups is 1. The molecule has 7 heteroatoms. The first-order chi connectivity index (χ1) is 15.4. The number of aliphatic imine (C=N–C) groups is 1. The number of amides is 1. The zero-order valence-electron chi connectivity index (χ0n) is 19.1. The number of rotatable bonds is 10. The second-order valence-electron chi connectivity index (χ2n) is 8.16. The van der Waals surface area contributed by atoms with E-state index in [1.165, 1.54) is 0 Å². The number of nitrogens with one attached hydrogen (secondary N) is 3. The van der Waals surface area contributed by atoms with Crippen LogP contribution in [0.4, 0.5) is 4.39 Å². The van der Waals surface area contributed by atoms with Crippen LogP contribution in [0.3, 0.4) is 0 Å². The van der Waals surface area contributed by atoms with E-state index in [4.69, 9.17) is 4.74 Å². The van der Waals surface area contributed by atoms with Gasteiger partial charge in [-0.3, -0.25) is 9.79 Å². The number of aryl methyl sites for hydroxylation is 1. The number of benzene rings is 2. The van der Waals surface area contributed by atoms with Crippen LogP contribution in [-0.2, 0) is 11.2 Å². The van der Waals surface area contributed by atoms with Crippen molar-refractivity contribution in [2.24, 2.45) is 4.99 Å². The monoisotopic (exact) mass is 440 g/mol. The molecule has 0 aliphatic heterocycles. The van der Waals surface area contributed by atoms with Crippen LogP contribution in [-0.4, -0.2) is 37.6 Å². The van der Waals surface area contributed by atoms with Crippen molar-refractivity contribution in [1.82, 2.24) is 16.0 Å². The third kappa shape index (κ3) is 7.55. The maximum atomic E-state index is 13.9. The van der Waals surface area contributed by atoms with Crippen molar-refractivity contribution in [2.45, 2.75) is 52.1 Å². The number of ether oxygens (including phenoxy) is 1. The Morgan fingerprint density at radius 3 is 2.62 bits per heavy atom. The van der Waals surface area contributed by atoms with E-state index in [1.54, 1.807) is 19.1 Å². The van der Waals surface area contributed by atoms with E-state index in [0.717, 1.165) is 36.9 Å². The number of halogens is 1. The largest absolute Gasteiger partial charge is 0.484 e.